The third-order valence-electron chi connectivity index (χ3n) is 2.45. The average molecular weight is 256 g/mol. The molecule has 0 fully saturated rings. The molecule has 5 heteroatoms. The Morgan fingerprint density at radius 3 is 2.74 bits per heavy atom. The van der Waals surface area contributed by atoms with E-state index in [-0.39, 0.29) is 16.9 Å². The van der Waals surface area contributed by atoms with Crippen LogP contribution in [0, 0.1) is 17.1 Å². The van der Waals surface area contributed by atoms with Gasteiger partial charge in [-0.05, 0) is 36.4 Å². The van der Waals surface area contributed by atoms with Crippen molar-refractivity contribution in [3.8, 4) is 11.8 Å². The maximum atomic E-state index is 13.1. The van der Waals surface area contributed by atoms with Gasteiger partial charge in [0, 0.05) is 11.3 Å². The van der Waals surface area contributed by atoms with Crippen molar-refractivity contribution in [2.45, 2.75) is 0 Å². The van der Waals surface area contributed by atoms with E-state index in [4.69, 9.17) is 5.26 Å². The Bertz CT molecular complexity index is 677. The largest absolute Gasteiger partial charge is 0.508 e. The molecule has 0 heterocycles. The van der Waals surface area contributed by atoms with Gasteiger partial charge in [-0.1, -0.05) is 6.07 Å². The lowest BCUT2D eigenvalue weighted by Gasteiger charge is -2.06. The molecule has 2 aromatic carbocycles. The normalized spacial score (nSPS) is 9.68. The molecule has 0 atom stereocenters. The summed E-state index contributed by atoms with van der Waals surface area (Å²) in [6, 6.07) is 11.2. The quantitative estimate of drug-likeness (QED) is 0.867. The van der Waals surface area contributed by atoms with Gasteiger partial charge in [-0.15, -0.1) is 0 Å². The van der Waals surface area contributed by atoms with Gasteiger partial charge in [0.25, 0.3) is 5.91 Å². The van der Waals surface area contributed by atoms with Gasteiger partial charge in [0.2, 0.25) is 0 Å². The van der Waals surface area contributed by atoms with E-state index in [0.29, 0.717) is 5.69 Å². The van der Waals surface area contributed by atoms with Gasteiger partial charge in [-0.3, -0.25) is 4.79 Å². The lowest BCUT2D eigenvalue weighted by atomic mass is 10.1. The molecule has 0 bridgehead atoms. The highest BCUT2D eigenvalue weighted by Crippen LogP contribution is 2.16. The van der Waals surface area contributed by atoms with Crippen molar-refractivity contribution in [3.05, 3.63) is 59.4 Å². The minimum Gasteiger partial charge on any atom is -0.508 e. The molecular weight excluding hydrogens is 247 g/mol. The van der Waals surface area contributed by atoms with Crippen LogP contribution >= 0.6 is 0 Å². The number of nitriles is 1. The van der Waals surface area contributed by atoms with Crippen LogP contribution in [0.25, 0.3) is 0 Å². The Balaban J connectivity index is 2.22. The van der Waals surface area contributed by atoms with E-state index >= 15 is 0 Å². The van der Waals surface area contributed by atoms with Crippen LogP contribution in [0.2, 0.25) is 0 Å². The minimum absolute atomic E-state index is 0.0236. The second-order valence-electron chi connectivity index (χ2n) is 3.81. The number of nitrogens with one attached hydrogen (secondary N) is 1. The number of carbonyl (C=O) groups is 1. The molecule has 0 radical (unpaired) electrons. The number of benzene rings is 2. The van der Waals surface area contributed by atoms with Gasteiger partial charge in [0.15, 0.2) is 0 Å². The predicted octanol–water partition coefficient (Wildman–Crippen LogP) is 2.66. The third kappa shape index (κ3) is 2.87. The Labute approximate surface area is 108 Å². The van der Waals surface area contributed by atoms with Crippen molar-refractivity contribution in [3.63, 3.8) is 0 Å². The molecule has 1 amide bonds. The highest BCUT2D eigenvalue weighted by Gasteiger charge is 2.08. The van der Waals surface area contributed by atoms with Gasteiger partial charge in [-0.25, -0.2) is 4.39 Å². The van der Waals surface area contributed by atoms with Gasteiger partial charge < -0.3 is 10.4 Å². The van der Waals surface area contributed by atoms with Crippen molar-refractivity contribution in [2.75, 3.05) is 5.32 Å². The van der Waals surface area contributed by atoms with E-state index in [1.54, 1.807) is 6.07 Å². The molecule has 0 spiro atoms. The number of phenolic OH excluding ortho intramolecular Hbond substituents is 1. The van der Waals surface area contributed by atoms with E-state index < -0.39 is 11.7 Å². The van der Waals surface area contributed by atoms with Crippen LogP contribution in [0.1, 0.15) is 15.9 Å². The van der Waals surface area contributed by atoms with E-state index in [2.05, 4.69) is 5.32 Å². The van der Waals surface area contributed by atoms with Crippen molar-refractivity contribution in [1.29, 1.82) is 5.26 Å². The van der Waals surface area contributed by atoms with Gasteiger partial charge in [0.05, 0.1) is 5.56 Å². The monoisotopic (exact) mass is 256 g/mol. The summed E-state index contributed by atoms with van der Waals surface area (Å²) in [7, 11) is 0. The molecule has 0 aliphatic carbocycles. The molecule has 0 aliphatic rings. The SMILES string of the molecule is N#Cc1cc(NC(=O)c2cccc(O)c2)ccc1F. The summed E-state index contributed by atoms with van der Waals surface area (Å²) in [4.78, 5) is 11.9. The average Bonchev–Trinajstić information content (AvgIpc) is 2.41. The molecule has 4 nitrogen and oxygen atoms in total. The second-order valence-corrected chi connectivity index (χ2v) is 3.81. The number of aromatic hydroxyl groups is 1. The third-order valence-corrected chi connectivity index (χ3v) is 2.45. The van der Waals surface area contributed by atoms with Gasteiger partial charge in [0.1, 0.15) is 17.6 Å². The molecule has 2 aromatic rings. The number of carbonyl (C=O) groups excluding carboxylic acids is 1. The Morgan fingerprint density at radius 1 is 1.26 bits per heavy atom. The molecule has 19 heavy (non-hydrogen) atoms. The molecule has 0 aliphatic heterocycles. The molecule has 0 unspecified atom stereocenters. The maximum absolute atomic E-state index is 13.1. The zero-order chi connectivity index (χ0) is 13.8. The highest BCUT2D eigenvalue weighted by molar-refractivity contribution is 6.04. The lowest BCUT2D eigenvalue weighted by molar-refractivity contribution is 0.102. The molecule has 0 aromatic heterocycles. The first-order valence-corrected chi connectivity index (χ1v) is 5.40. The summed E-state index contributed by atoms with van der Waals surface area (Å²) in [6.45, 7) is 0. The number of hydrogen-bond acceptors (Lipinski definition) is 3. The van der Waals surface area contributed by atoms with E-state index in [1.807, 2.05) is 0 Å². The summed E-state index contributed by atoms with van der Waals surface area (Å²) in [5, 5.41) is 20.5. The first-order valence-electron chi connectivity index (χ1n) is 5.40. The molecule has 2 rings (SSSR count). The van der Waals surface area contributed by atoms with E-state index in [9.17, 15) is 14.3 Å². The number of phenols is 1. The standard InChI is InChI=1S/C14H9FN2O2/c15-13-5-4-11(6-10(13)8-16)17-14(19)9-2-1-3-12(18)7-9/h1-7,18H,(H,17,19). The smallest absolute Gasteiger partial charge is 0.255 e. The van der Waals surface area contributed by atoms with Crippen LogP contribution in [0.4, 0.5) is 10.1 Å². The zero-order valence-electron chi connectivity index (χ0n) is 9.72. The first-order chi connectivity index (χ1) is 9.10. The Kier molecular flexibility index (Phi) is 3.44. The van der Waals surface area contributed by atoms with Crippen molar-refractivity contribution < 1.29 is 14.3 Å². The van der Waals surface area contributed by atoms with E-state index in [0.717, 1.165) is 6.07 Å². The fourth-order valence-corrected chi connectivity index (χ4v) is 1.54. The Hall–Kier alpha value is -2.87. The van der Waals surface area contributed by atoms with Crippen LogP contribution < -0.4 is 5.32 Å². The summed E-state index contributed by atoms with van der Waals surface area (Å²) in [5.41, 5.74) is 0.433. The van der Waals surface area contributed by atoms with E-state index in [1.165, 1.54) is 36.4 Å². The van der Waals surface area contributed by atoms with Crippen LogP contribution in [0.5, 0.6) is 5.75 Å². The topological polar surface area (TPSA) is 73.1 Å². The van der Waals surface area contributed by atoms with Crippen LogP contribution in [-0.4, -0.2) is 11.0 Å². The Morgan fingerprint density at radius 2 is 2.05 bits per heavy atom. The summed E-state index contributed by atoms with van der Waals surface area (Å²) >= 11 is 0. The van der Waals surface area contributed by atoms with Crippen molar-refractivity contribution in [1.82, 2.24) is 0 Å². The summed E-state index contributed by atoms with van der Waals surface area (Å²) < 4.78 is 13.1. The molecular formula is C14H9FN2O2. The zero-order valence-corrected chi connectivity index (χ0v) is 9.72. The molecule has 2 N–H and O–H groups in total. The number of amides is 1. The van der Waals surface area contributed by atoms with Gasteiger partial charge in [-0.2, -0.15) is 5.26 Å². The van der Waals surface area contributed by atoms with Crippen LogP contribution in [0.3, 0.4) is 0 Å². The van der Waals surface area contributed by atoms with Crippen molar-refractivity contribution >= 4 is 11.6 Å². The minimum atomic E-state index is -0.641. The van der Waals surface area contributed by atoms with Crippen LogP contribution in [-0.2, 0) is 0 Å². The maximum Gasteiger partial charge on any atom is 0.255 e. The number of rotatable bonds is 2. The first kappa shape index (κ1) is 12.6. The second kappa shape index (κ2) is 5.19. The number of hydrogen-bond donors (Lipinski definition) is 2. The highest BCUT2D eigenvalue weighted by atomic mass is 19.1. The number of anilines is 1. The van der Waals surface area contributed by atoms with Crippen molar-refractivity contribution in [2.24, 2.45) is 0 Å². The predicted molar refractivity (Wildman–Crippen MR) is 67.2 cm³/mol. The number of halogens is 1. The fraction of sp³-hybridized carbons (Fsp3) is 0. The molecule has 0 saturated heterocycles. The number of nitrogens with zero attached hydrogens (tertiary/aromatic N) is 1. The summed E-state index contributed by atoms with van der Waals surface area (Å²) in [6.07, 6.45) is 0. The molecule has 0 saturated carbocycles. The molecule has 94 valence electrons. The van der Waals surface area contributed by atoms with Crippen LogP contribution in [0.15, 0.2) is 42.5 Å². The summed E-state index contributed by atoms with van der Waals surface area (Å²) in [5.74, 6) is -1.12. The van der Waals surface area contributed by atoms with Gasteiger partial charge >= 0.3 is 0 Å². The lowest BCUT2D eigenvalue weighted by Crippen LogP contribution is -2.11. The fourth-order valence-electron chi connectivity index (χ4n) is 1.54.